The van der Waals surface area contributed by atoms with E-state index < -0.39 is 0 Å². The molecule has 0 spiro atoms. The number of carbonyl (C=O) groups is 6. The van der Waals surface area contributed by atoms with Gasteiger partial charge in [-0.2, -0.15) is 0 Å². The molecule has 0 amide bonds. The molecule has 0 atom stereocenters. The van der Waals surface area contributed by atoms with Crippen LogP contribution in [0.5, 0.6) is 0 Å². The van der Waals surface area contributed by atoms with E-state index in [4.69, 9.17) is 14.2 Å². The van der Waals surface area contributed by atoms with Crippen molar-refractivity contribution in [2.24, 2.45) is 11.8 Å². The Kier molecular flexibility index (Phi) is 115. The maximum absolute atomic E-state index is 11.1. The number of esters is 2. The quantitative estimate of drug-likeness (QED) is 0.0490. The van der Waals surface area contributed by atoms with Crippen LogP contribution in [0.2, 0.25) is 0 Å². The molecule has 11 heteroatoms. The Morgan fingerprint density at radius 1 is 0.472 bits per heavy atom. The lowest BCUT2D eigenvalue weighted by molar-refractivity contribution is -0.144. The van der Waals surface area contributed by atoms with Crippen LogP contribution in [0.15, 0.2) is 30.3 Å². The van der Waals surface area contributed by atoms with E-state index in [2.05, 4.69) is 126 Å². The lowest BCUT2D eigenvalue weighted by Crippen LogP contribution is -2.27. The zero-order valence-electron chi connectivity index (χ0n) is 63.8. The van der Waals surface area contributed by atoms with Crippen molar-refractivity contribution in [1.29, 1.82) is 0 Å². The minimum atomic E-state index is -0.211. The summed E-state index contributed by atoms with van der Waals surface area (Å²) in [4.78, 5) is 63.9. The summed E-state index contributed by atoms with van der Waals surface area (Å²) in [5.41, 5.74) is 1.32. The van der Waals surface area contributed by atoms with Crippen molar-refractivity contribution in [3.8, 4) is 0 Å². The third kappa shape index (κ3) is 143. The van der Waals surface area contributed by atoms with Crippen molar-refractivity contribution in [1.82, 2.24) is 4.90 Å². The number of ketones is 4. The number of Topliss-reactive ketones (excluding diaryl/α,β-unsaturated/α-hetero) is 4. The van der Waals surface area contributed by atoms with Crippen LogP contribution in [-0.2, 0) is 47.7 Å². The molecule has 0 N–H and O–H groups in total. The fourth-order valence-electron chi connectivity index (χ4n) is 7.05. The molecule has 1 aliphatic heterocycles. The zero-order valence-corrected chi connectivity index (χ0v) is 63.8. The number of carbonyl (C=O) groups excluding carboxylic acids is 6. The van der Waals surface area contributed by atoms with E-state index in [1.807, 2.05) is 32.0 Å². The fraction of sp³-hybridized carbons (Fsp3) is 0.846. The van der Waals surface area contributed by atoms with Gasteiger partial charge in [-0.15, -0.1) is 0 Å². The molecular formula is C78H157NO10. The molecule has 1 aromatic rings. The topological polar surface area (TPSA) is 143 Å². The molecule has 2 aliphatic rings. The predicted octanol–water partition coefficient (Wildman–Crippen LogP) is 23.1. The first-order valence-electron chi connectivity index (χ1n) is 36.7. The molecule has 1 aliphatic carbocycles. The average molecular weight is 1270 g/mol. The van der Waals surface area contributed by atoms with Crippen LogP contribution in [-0.4, -0.2) is 99.2 Å². The number of hydrogen-bond donors (Lipinski definition) is 0. The Hall–Kier alpha value is -3.28. The monoisotopic (exact) mass is 1270 g/mol. The van der Waals surface area contributed by atoms with E-state index in [-0.39, 0.29) is 23.5 Å². The smallest absolute Gasteiger partial charge is 0.305 e. The Balaban J connectivity index is -0.000000113. The number of rotatable bonds is 33. The van der Waals surface area contributed by atoms with Gasteiger partial charge in [-0.3, -0.25) is 19.2 Å². The van der Waals surface area contributed by atoms with Crippen LogP contribution < -0.4 is 0 Å². The molecule has 3 rings (SSSR count). The van der Waals surface area contributed by atoms with Gasteiger partial charge >= 0.3 is 11.9 Å². The Morgan fingerprint density at radius 2 is 0.831 bits per heavy atom. The average Bonchev–Trinajstić information content (AvgIpc) is 4.10. The molecular weight excluding hydrogens is 1110 g/mol. The van der Waals surface area contributed by atoms with Gasteiger partial charge < -0.3 is 33.4 Å². The van der Waals surface area contributed by atoms with Gasteiger partial charge in [0.2, 0.25) is 0 Å². The van der Waals surface area contributed by atoms with E-state index in [1.54, 1.807) is 13.8 Å². The Morgan fingerprint density at radius 3 is 1.07 bits per heavy atom. The lowest BCUT2D eigenvalue weighted by Gasteiger charge is -2.21. The Labute approximate surface area is 556 Å². The van der Waals surface area contributed by atoms with Gasteiger partial charge in [0.05, 0.1) is 13.2 Å². The summed E-state index contributed by atoms with van der Waals surface area (Å²) in [6, 6.07) is 10.3. The summed E-state index contributed by atoms with van der Waals surface area (Å²) in [6.45, 7) is 53.2. The maximum Gasteiger partial charge on any atom is 0.305 e. The van der Waals surface area contributed by atoms with Crippen LogP contribution in [0.25, 0.3) is 0 Å². The third-order valence-corrected chi connectivity index (χ3v) is 12.4. The highest BCUT2D eigenvalue weighted by molar-refractivity contribution is 5.79. The molecule has 89 heavy (non-hydrogen) atoms. The summed E-state index contributed by atoms with van der Waals surface area (Å²) in [5.74, 6) is 2.06. The van der Waals surface area contributed by atoms with Gasteiger partial charge in [0, 0.05) is 71.9 Å². The van der Waals surface area contributed by atoms with E-state index >= 15 is 0 Å². The minimum absolute atomic E-state index is 0.0593. The highest BCUT2D eigenvalue weighted by atomic mass is 16.5. The van der Waals surface area contributed by atoms with Crippen molar-refractivity contribution in [2.75, 3.05) is 59.3 Å². The van der Waals surface area contributed by atoms with E-state index in [9.17, 15) is 28.8 Å². The molecule has 2 fully saturated rings. The lowest BCUT2D eigenvalue weighted by atomic mass is 10.00. The summed E-state index contributed by atoms with van der Waals surface area (Å²) < 4.78 is 19.5. The summed E-state index contributed by atoms with van der Waals surface area (Å²) in [5, 5.41) is 0. The van der Waals surface area contributed by atoms with Crippen LogP contribution in [0.1, 0.15) is 363 Å². The molecule has 0 bridgehead atoms. The van der Waals surface area contributed by atoms with Crippen LogP contribution >= 0.6 is 0 Å². The zero-order chi connectivity index (χ0) is 69.8. The molecule has 1 aromatic carbocycles. The number of ether oxygens (including phenoxy) is 4. The molecule has 0 unspecified atom stereocenters. The van der Waals surface area contributed by atoms with Crippen LogP contribution in [0, 0.1) is 18.8 Å². The summed E-state index contributed by atoms with van der Waals surface area (Å²) >= 11 is 0. The molecule has 0 radical (unpaired) electrons. The van der Waals surface area contributed by atoms with Gasteiger partial charge in [0.15, 0.2) is 0 Å². The summed E-state index contributed by atoms with van der Waals surface area (Å²) in [6.07, 6.45) is 39.0. The van der Waals surface area contributed by atoms with Crippen molar-refractivity contribution >= 4 is 35.1 Å². The molecule has 534 valence electrons. The van der Waals surface area contributed by atoms with Crippen molar-refractivity contribution < 1.29 is 47.7 Å². The third-order valence-electron chi connectivity index (χ3n) is 12.4. The van der Waals surface area contributed by atoms with Gasteiger partial charge in [-0.25, -0.2) is 0 Å². The standard InChI is InChI=1S/C12H27N.C9H18O.C8H16O2.C8H18O.C7H8.C7H16.C6H10O.C6H14.C4H8O2.2C4H8O.C3H6O/c1-4-7-10-13(11-8-5-2)12-9-6-3;1-7(2)5-9(10)6-8(3)4;1-3-5-7-10-8(9)6-4-2;1-3-5-7-9-8-6-4-2;1-7-5-3-2-4-6-7;1-3-5-7-6-4-2;7-6-4-2-1-3-5-6;1-3-5-6-4-2;1-3-6-4(2)5;1-2-4-5-3-1;1-3-4(2)5;1-3(2)4/h4-12H2,1-3H3;7-8H,5-6H2,1-4H3;3-7H2,1-2H3;3-8H2,1-2H3;2-6H,1H3;3-7H2,1-2H3;1-5H2;3-6H2,1-2H3;3H2,1-2H3;1-4H2;3H2,1-2H3;1-2H3. The number of aryl methyl sites for hydroxylation is 1. The number of hydrogen-bond acceptors (Lipinski definition) is 11. The second-order valence-corrected chi connectivity index (χ2v) is 24.0. The normalized spacial score (nSPS) is 11.3. The second kappa shape index (κ2) is 98.3. The molecule has 0 aromatic heterocycles. The minimum Gasteiger partial charge on any atom is -0.466 e. The molecule has 1 saturated carbocycles. The predicted molar refractivity (Wildman–Crippen MR) is 390 cm³/mol. The SMILES string of the molecule is C1CCOC1.CC(C)=O.CC(C)CC(=O)CC(C)C.CCC(C)=O.CCCCCC.CCCCCCC.CCCCN(CCCC)CCCC.CCCCOC(=O)CCC.CCCCOCCCC.CCOC(C)=O.Cc1ccccc1.O=C1CCCCC1. The summed E-state index contributed by atoms with van der Waals surface area (Å²) in [7, 11) is 0. The maximum atomic E-state index is 11.1. The van der Waals surface area contributed by atoms with E-state index in [1.165, 1.54) is 187 Å². The number of unbranched alkanes of at least 4 members (excludes halogenated alkanes) is 13. The molecule has 1 saturated heterocycles. The first kappa shape index (κ1) is 105. The largest absolute Gasteiger partial charge is 0.466 e. The van der Waals surface area contributed by atoms with Gasteiger partial charge in [-0.1, -0.05) is 249 Å². The van der Waals surface area contributed by atoms with Crippen LogP contribution in [0.4, 0.5) is 0 Å². The van der Waals surface area contributed by atoms with Crippen molar-refractivity contribution in [3.63, 3.8) is 0 Å². The van der Waals surface area contributed by atoms with Gasteiger partial charge in [0.1, 0.15) is 23.1 Å². The van der Waals surface area contributed by atoms with E-state index in [0.717, 1.165) is 84.2 Å². The van der Waals surface area contributed by atoms with Gasteiger partial charge in [-0.05, 0) is 137 Å². The van der Waals surface area contributed by atoms with Crippen LogP contribution in [0.3, 0.4) is 0 Å². The first-order chi connectivity index (χ1) is 42.5. The van der Waals surface area contributed by atoms with Crippen molar-refractivity contribution in [3.05, 3.63) is 35.9 Å². The number of nitrogens with zero attached hydrogens (tertiary/aromatic N) is 1. The molecule has 1 heterocycles. The number of benzene rings is 1. The van der Waals surface area contributed by atoms with Gasteiger partial charge in [0.25, 0.3) is 0 Å². The first-order valence-corrected chi connectivity index (χ1v) is 36.7. The highest BCUT2D eigenvalue weighted by Crippen LogP contribution is 2.12. The molecule has 11 nitrogen and oxygen atoms in total. The fourth-order valence-corrected chi connectivity index (χ4v) is 7.05. The second-order valence-electron chi connectivity index (χ2n) is 24.0. The van der Waals surface area contributed by atoms with E-state index in [0.29, 0.717) is 49.5 Å². The van der Waals surface area contributed by atoms with Crippen molar-refractivity contribution in [2.45, 2.75) is 364 Å². The Bertz CT molecular complexity index is 1420. The highest BCUT2D eigenvalue weighted by Gasteiger charge is 2.07.